The molecule has 14 heavy (non-hydrogen) atoms. The van der Waals surface area contributed by atoms with Gasteiger partial charge in [-0.1, -0.05) is 15.9 Å². The van der Waals surface area contributed by atoms with Crippen molar-refractivity contribution in [2.45, 2.75) is 11.7 Å². The van der Waals surface area contributed by atoms with Gasteiger partial charge < -0.3 is 4.74 Å². The van der Waals surface area contributed by atoms with Gasteiger partial charge in [0, 0.05) is 11.4 Å². The maximum Gasteiger partial charge on any atom is 0.574 e. The SMILES string of the molecule is FC(F)(F)Oc1cc(CBr)cc(I)n1. The third kappa shape index (κ3) is 3.99. The van der Waals surface area contributed by atoms with Crippen LogP contribution >= 0.6 is 38.5 Å². The van der Waals surface area contributed by atoms with Crippen molar-refractivity contribution in [3.05, 3.63) is 21.4 Å². The molecule has 0 N–H and O–H groups in total. The standard InChI is InChI=1S/C7H4BrF3INO/c8-3-4-1-5(12)13-6(2-4)14-7(9,10)11/h1-2H,3H2. The average molecular weight is 382 g/mol. The summed E-state index contributed by atoms with van der Waals surface area (Å²) in [5.41, 5.74) is 0.684. The van der Waals surface area contributed by atoms with Gasteiger partial charge in [0.1, 0.15) is 3.70 Å². The van der Waals surface area contributed by atoms with Gasteiger partial charge in [-0.25, -0.2) is 4.98 Å². The smallest absolute Gasteiger partial charge is 0.388 e. The van der Waals surface area contributed by atoms with E-state index in [1.807, 2.05) is 22.6 Å². The maximum absolute atomic E-state index is 11.8. The van der Waals surface area contributed by atoms with E-state index in [2.05, 4.69) is 25.7 Å². The van der Waals surface area contributed by atoms with Crippen LogP contribution in [0.5, 0.6) is 5.88 Å². The Hall–Kier alpha value is -0.0500. The monoisotopic (exact) mass is 381 g/mol. The first kappa shape index (κ1) is 12.0. The summed E-state index contributed by atoms with van der Waals surface area (Å²) >= 11 is 4.96. The number of halogens is 5. The van der Waals surface area contributed by atoms with Gasteiger partial charge in [0.2, 0.25) is 5.88 Å². The predicted molar refractivity (Wildman–Crippen MR) is 56.3 cm³/mol. The number of nitrogens with zero attached hydrogens (tertiary/aromatic N) is 1. The lowest BCUT2D eigenvalue weighted by Crippen LogP contribution is -2.18. The van der Waals surface area contributed by atoms with E-state index in [1.54, 1.807) is 6.07 Å². The molecule has 0 aliphatic rings. The van der Waals surface area contributed by atoms with Gasteiger partial charge in [0.05, 0.1) is 0 Å². The van der Waals surface area contributed by atoms with Crippen molar-refractivity contribution < 1.29 is 17.9 Å². The highest BCUT2D eigenvalue weighted by molar-refractivity contribution is 14.1. The summed E-state index contributed by atoms with van der Waals surface area (Å²) in [6.07, 6.45) is -4.69. The minimum Gasteiger partial charge on any atom is -0.388 e. The Bertz CT molecular complexity index is 331. The lowest BCUT2D eigenvalue weighted by atomic mass is 10.3. The Morgan fingerprint density at radius 1 is 1.43 bits per heavy atom. The number of pyridine rings is 1. The molecule has 0 aliphatic carbocycles. The summed E-state index contributed by atoms with van der Waals surface area (Å²) in [6.45, 7) is 0. The highest BCUT2D eigenvalue weighted by atomic mass is 127. The first-order valence-corrected chi connectivity index (χ1v) is 5.59. The molecule has 78 valence electrons. The zero-order chi connectivity index (χ0) is 10.8. The maximum atomic E-state index is 11.8. The molecule has 0 saturated carbocycles. The third-order valence-corrected chi connectivity index (χ3v) is 2.41. The molecule has 0 fully saturated rings. The van der Waals surface area contributed by atoms with Crippen LogP contribution in [0.3, 0.4) is 0 Å². The van der Waals surface area contributed by atoms with E-state index in [-0.39, 0.29) is 0 Å². The second-order valence-electron chi connectivity index (χ2n) is 2.32. The molecule has 0 amide bonds. The van der Waals surface area contributed by atoms with Crippen LogP contribution in [0.15, 0.2) is 12.1 Å². The molecule has 0 bridgehead atoms. The van der Waals surface area contributed by atoms with E-state index in [1.165, 1.54) is 6.07 Å². The van der Waals surface area contributed by atoms with E-state index in [9.17, 15) is 13.2 Å². The Kier molecular flexibility index (Phi) is 3.99. The Morgan fingerprint density at radius 2 is 2.07 bits per heavy atom. The van der Waals surface area contributed by atoms with Crippen LogP contribution in [0, 0.1) is 3.70 Å². The first-order valence-electron chi connectivity index (χ1n) is 3.39. The minimum absolute atomic E-state index is 0.432. The van der Waals surface area contributed by atoms with Gasteiger partial charge >= 0.3 is 6.36 Å². The van der Waals surface area contributed by atoms with Crippen molar-refractivity contribution in [2.24, 2.45) is 0 Å². The average Bonchev–Trinajstić information content (AvgIpc) is 1.99. The van der Waals surface area contributed by atoms with Gasteiger partial charge in [0.25, 0.3) is 0 Å². The molecule has 1 heterocycles. The Labute approximate surface area is 100 Å². The summed E-state index contributed by atoms with van der Waals surface area (Å²) < 4.78 is 39.6. The zero-order valence-corrected chi connectivity index (χ0v) is 10.4. The van der Waals surface area contributed by atoms with E-state index < -0.39 is 12.2 Å². The second-order valence-corrected chi connectivity index (χ2v) is 3.98. The molecule has 0 saturated heterocycles. The van der Waals surface area contributed by atoms with Crippen LogP contribution in [0.4, 0.5) is 13.2 Å². The summed E-state index contributed by atoms with van der Waals surface area (Å²) in [5, 5.41) is 0.458. The zero-order valence-electron chi connectivity index (χ0n) is 6.61. The number of hydrogen-bond acceptors (Lipinski definition) is 2. The fraction of sp³-hybridized carbons (Fsp3) is 0.286. The third-order valence-electron chi connectivity index (χ3n) is 1.20. The topological polar surface area (TPSA) is 22.1 Å². The van der Waals surface area contributed by atoms with Crippen molar-refractivity contribution in [1.82, 2.24) is 4.98 Å². The van der Waals surface area contributed by atoms with E-state index in [0.29, 0.717) is 14.6 Å². The normalized spacial score (nSPS) is 11.5. The molecule has 7 heteroatoms. The molecule has 1 aromatic rings. The van der Waals surface area contributed by atoms with Crippen LogP contribution in [0.1, 0.15) is 5.56 Å². The summed E-state index contributed by atoms with van der Waals surface area (Å²) in [6, 6.07) is 2.91. The van der Waals surface area contributed by atoms with Gasteiger partial charge in [-0.15, -0.1) is 13.2 Å². The fourth-order valence-electron chi connectivity index (χ4n) is 0.771. The van der Waals surface area contributed by atoms with E-state index in [4.69, 9.17) is 0 Å². The highest BCUT2D eigenvalue weighted by Crippen LogP contribution is 2.23. The van der Waals surface area contributed by atoms with Gasteiger partial charge in [-0.05, 0) is 34.2 Å². The quantitative estimate of drug-likeness (QED) is 0.444. The molecule has 0 aromatic carbocycles. The second kappa shape index (κ2) is 4.65. The van der Waals surface area contributed by atoms with Crippen molar-refractivity contribution in [2.75, 3.05) is 0 Å². The van der Waals surface area contributed by atoms with Crippen LogP contribution in [0.2, 0.25) is 0 Å². The Balaban J connectivity index is 2.92. The van der Waals surface area contributed by atoms with Gasteiger partial charge in [-0.3, -0.25) is 0 Å². The molecule has 0 atom stereocenters. The predicted octanol–water partition coefficient (Wildman–Crippen LogP) is 3.48. The summed E-state index contributed by atoms with van der Waals surface area (Å²) in [5.74, 6) is -0.432. The molecule has 2 nitrogen and oxygen atoms in total. The molecule has 1 rings (SSSR count). The number of alkyl halides is 4. The molecule has 0 aliphatic heterocycles. The van der Waals surface area contributed by atoms with Crippen molar-refractivity contribution in [3.63, 3.8) is 0 Å². The van der Waals surface area contributed by atoms with Crippen LogP contribution < -0.4 is 4.74 Å². The number of hydrogen-bond donors (Lipinski definition) is 0. The molecule has 0 radical (unpaired) electrons. The van der Waals surface area contributed by atoms with E-state index >= 15 is 0 Å². The van der Waals surface area contributed by atoms with Crippen LogP contribution in [0.25, 0.3) is 0 Å². The number of aromatic nitrogens is 1. The Morgan fingerprint density at radius 3 is 2.57 bits per heavy atom. The fourth-order valence-corrected chi connectivity index (χ4v) is 1.73. The summed E-state index contributed by atoms with van der Waals surface area (Å²) in [4.78, 5) is 3.59. The molecule has 0 unspecified atom stereocenters. The molecular formula is C7H4BrF3INO. The first-order chi connectivity index (χ1) is 6.40. The van der Waals surface area contributed by atoms with Crippen LogP contribution in [-0.2, 0) is 5.33 Å². The van der Waals surface area contributed by atoms with Crippen LogP contribution in [-0.4, -0.2) is 11.3 Å². The number of rotatable bonds is 2. The van der Waals surface area contributed by atoms with E-state index in [0.717, 1.165) is 0 Å². The molecule has 1 aromatic heterocycles. The lowest BCUT2D eigenvalue weighted by molar-refractivity contribution is -0.276. The van der Waals surface area contributed by atoms with Gasteiger partial charge in [0.15, 0.2) is 0 Å². The molecular weight excluding hydrogens is 378 g/mol. The van der Waals surface area contributed by atoms with Crippen molar-refractivity contribution in [3.8, 4) is 5.88 Å². The van der Waals surface area contributed by atoms with Gasteiger partial charge in [-0.2, -0.15) is 0 Å². The highest BCUT2D eigenvalue weighted by Gasteiger charge is 2.31. The summed E-state index contributed by atoms with van der Waals surface area (Å²) in [7, 11) is 0. The van der Waals surface area contributed by atoms with Crippen molar-refractivity contribution >= 4 is 38.5 Å². The number of ether oxygens (including phenoxy) is 1. The lowest BCUT2D eigenvalue weighted by Gasteiger charge is -2.08. The van der Waals surface area contributed by atoms with Crippen molar-refractivity contribution in [1.29, 1.82) is 0 Å². The minimum atomic E-state index is -4.69. The molecule has 0 spiro atoms. The largest absolute Gasteiger partial charge is 0.574 e.